The number of carbonyl (C=O) groups is 1. The molecule has 30 heavy (non-hydrogen) atoms. The fourth-order valence-electron chi connectivity index (χ4n) is 3.19. The second kappa shape index (κ2) is 9.62. The van der Waals surface area contributed by atoms with Crippen molar-refractivity contribution in [3.63, 3.8) is 0 Å². The van der Waals surface area contributed by atoms with Crippen LogP contribution in [-0.2, 0) is 16.1 Å². The summed E-state index contributed by atoms with van der Waals surface area (Å²) < 4.78 is 7.76. The van der Waals surface area contributed by atoms with Gasteiger partial charge in [-0.15, -0.1) is 0 Å². The molecule has 0 atom stereocenters. The molecule has 0 aliphatic rings. The Kier molecular flexibility index (Phi) is 6.27. The molecule has 1 N–H and O–H groups in total. The standard InChI is InChI=1S/C24H22N4O2/c29-23(27-22-13-11-19(12-14-22)15-28-18-25-17-26-28)16-30-24(20-7-3-1-4-8-20)21-9-5-2-6-10-21/h1-14,17-18,24H,15-16H2,(H,27,29). The summed E-state index contributed by atoms with van der Waals surface area (Å²) in [6, 6.07) is 27.5. The smallest absolute Gasteiger partial charge is 0.250 e. The molecule has 1 heterocycles. The summed E-state index contributed by atoms with van der Waals surface area (Å²) in [5, 5.41) is 6.98. The maximum absolute atomic E-state index is 12.5. The van der Waals surface area contributed by atoms with Crippen molar-refractivity contribution in [2.45, 2.75) is 12.6 Å². The van der Waals surface area contributed by atoms with Crippen LogP contribution in [0.25, 0.3) is 0 Å². The first-order valence-corrected chi connectivity index (χ1v) is 9.70. The summed E-state index contributed by atoms with van der Waals surface area (Å²) >= 11 is 0. The Hall–Kier alpha value is -3.77. The topological polar surface area (TPSA) is 69.0 Å². The van der Waals surface area contributed by atoms with Gasteiger partial charge in [0.2, 0.25) is 5.91 Å². The van der Waals surface area contributed by atoms with Gasteiger partial charge in [0.25, 0.3) is 0 Å². The van der Waals surface area contributed by atoms with E-state index in [1.807, 2.05) is 84.9 Å². The Labute approximate surface area is 175 Å². The number of ether oxygens (including phenoxy) is 1. The zero-order valence-corrected chi connectivity index (χ0v) is 16.4. The van der Waals surface area contributed by atoms with Crippen LogP contribution in [0.5, 0.6) is 0 Å². The van der Waals surface area contributed by atoms with Crippen LogP contribution in [-0.4, -0.2) is 27.3 Å². The minimum absolute atomic E-state index is 0.0465. The van der Waals surface area contributed by atoms with E-state index in [-0.39, 0.29) is 18.6 Å². The Bertz CT molecular complexity index is 1010. The quantitative estimate of drug-likeness (QED) is 0.486. The second-order valence-corrected chi connectivity index (χ2v) is 6.85. The molecule has 3 aromatic carbocycles. The number of rotatable bonds is 8. The molecule has 0 spiro atoms. The molecule has 0 aliphatic heterocycles. The molecule has 4 aromatic rings. The van der Waals surface area contributed by atoms with Gasteiger partial charge in [-0.2, -0.15) is 5.10 Å². The van der Waals surface area contributed by atoms with E-state index >= 15 is 0 Å². The molecule has 0 aliphatic carbocycles. The van der Waals surface area contributed by atoms with E-state index in [2.05, 4.69) is 15.4 Å². The third-order valence-corrected chi connectivity index (χ3v) is 4.63. The Morgan fingerprint density at radius 3 is 2.10 bits per heavy atom. The highest BCUT2D eigenvalue weighted by Gasteiger charge is 2.16. The number of nitrogens with zero attached hydrogens (tertiary/aromatic N) is 3. The Morgan fingerprint density at radius 2 is 1.53 bits per heavy atom. The fraction of sp³-hybridized carbons (Fsp3) is 0.125. The number of anilines is 1. The molecule has 0 saturated heterocycles. The van der Waals surface area contributed by atoms with Crippen molar-refractivity contribution in [1.82, 2.24) is 14.8 Å². The summed E-state index contributed by atoms with van der Waals surface area (Å²) in [7, 11) is 0. The van der Waals surface area contributed by atoms with Gasteiger partial charge in [0.1, 0.15) is 25.4 Å². The number of benzene rings is 3. The minimum atomic E-state index is -0.303. The van der Waals surface area contributed by atoms with Gasteiger partial charge in [0.05, 0.1) is 6.54 Å². The first-order valence-electron chi connectivity index (χ1n) is 9.70. The maximum atomic E-state index is 12.5. The molecule has 0 unspecified atom stereocenters. The first kappa shape index (κ1) is 19.5. The van der Waals surface area contributed by atoms with Crippen molar-refractivity contribution >= 4 is 11.6 Å². The SMILES string of the molecule is O=C(COC(c1ccccc1)c1ccccc1)Nc1ccc(Cn2cncn2)cc1. The van der Waals surface area contributed by atoms with Gasteiger partial charge < -0.3 is 10.1 Å². The lowest BCUT2D eigenvalue weighted by Gasteiger charge is -2.19. The molecular formula is C24H22N4O2. The summed E-state index contributed by atoms with van der Waals surface area (Å²) in [6.07, 6.45) is 2.87. The molecule has 6 heteroatoms. The monoisotopic (exact) mass is 398 g/mol. The number of aromatic nitrogens is 3. The third kappa shape index (κ3) is 5.18. The van der Waals surface area contributed by atoms with Gasteiger partial charge in [-0.1, -0.05) is 72.8 Å². The van der Waals surface area contributed by atoms with E-state index in [9.17, 15) is 4.79 Å². The van der Waals surface area contributed by atoms with Crippen LogP contribution < -0.4 is 5.32 Å². The predicted octanol–water partition coefficient (Wildman–Crippen LogP) is 4.07. The maximum Gasteiger partial charge on any atom is 0.250 e. The predicted molar refractivity (Wildman–Crippen MR) is 115 cm³/mol. The Morgan fingerprint density at radius 1 is 0.900 bits per heavy atom. The van der Waals surface area contributed by atoms with Crippen LogP contribution in [0.4, 0.5) is 5.69 Å². The summed E-state index contributed by atoms with van der Waals surface area (Å²) in [4.78, 5) is 16.4. The summed E-state index contributed by atoms with van der Waals surface area (Å²) in [6.45, 7) is 0.586. The highest BCUT2D eigenvalue weighted by atomic mass is 16.5. The molecule has 0 radical (unpaired) electrons. The lowest BCUT2D eigenvalue weighted by Crippen LogP contribution is -2.20. The molecular weight excluding hydrogens is 376 g/mol. The molecule has 0 saturated carbocycles. The van der Waals surface area contributed by atoms with E-state index in [0.717, 1.165) is 22.4 Å². The molecule has 6 nitrogen and oxygen atoms in total. The van der Waals surface area contributed by atoms with Crippen LogP contribution in [0.3, 0.4) is 0 Å². The van der Waals surface area contributed by atoms with Crippen molar-refractivity contribution in [2.75, 3.05) is 11.9 Å². The largest absolute Gasteiger partial charge is 0.359 e. The van der Waals surface area contributed by atoms with Crippen LogP contribution in [0.15, 0.2) is 97.6 Å². The molecule has 0 bridgehead atoms. The van der Waals surface area contributed by atoms with Crippen molar-refractivity contribution < 1.29 is 9.53 Å². The van der Waals surface area contributed by atoms with Gasteiger partial charge >= 0.3 is 0 Å². The van der Waals surface area contributed by atoms with Crippen molar-refractivity contribution in [1.29, 1.82) is 0 Å². The lowest BCUT2D eigenvalue weighted by molar-refractivity contribution is -0.121. The first-order chi connectivity index (χ1) is 14.8. The molecule has 1 aromatic heterocycles. The van der Waals surface area contributed by atoms with Crippen molar-refractivity contribution in [3.05, 3.63) is 114 Å². The highest BCUT2D eigenvalue weighted by Crippen LogP contribution is 2.25. The number of carbonyl (C=O) groups excluding carboxylic acids is 1. The van der Waals surface area contributed by atoms with Gasteiger partial charge in [-0.3, -0.25) is 4.79 Å². The van der Waals surface area contributed by atoms with Gasteiger partial charge in [-0.25, -0.2) is 9.67 Å². The van der Waals surface area contributed by atoms with Crippen molar-refractivity contribution in [2.24, 2.45) is 0 Å². The lowest BCUT2D eigenvalue weighted by atomic mass is 10.0. The minimum Gasteiger partial charge on any atom is -0.359 e. The van der Waals surface area contributed by atoms with Crippen LogP contribution >= 0.6 is 0 Å². The number of hydrogen-bond acceptors (Lipinski definition) is 4. The third-order valence-electron chi connectivity index (χ3n) is 4.63. The summed E-state index contributed by atoms with van der Waals surface area (Å²) in [5.74, 6) is -0.198. The van der Waals surface area contributed by atoms with Crippen LogP contribution in [0, 0.1) is 0 Å². The molecule has 4 rings (SSSR count). The summed E-state index contributed by atoms with van der Waals surface area (Å²) in [5.41, 5.74) is 3.81. The van der Waals surface area contributed by atoms with E-state index in [0.29, 0.717) is 6.54 Å². The van der Waals surface area contributed by atoms with E-state index < -0.39 is 0 Å². The Balaban J connectivity index is 1.37. The normalized spacial score (nSPS) is 10.8. The molecule has 0 fully saturated rings. The van der Waals surface area contributed by atoms with E-state index in [4.69, 9.17) is 4.74 Å². The zero-order valence-electron chi connectivity index (χ0n) is 16.4. The van der Waals surface area contributed by atoms with Crippen LogP contribution in [0.2, 0.25) is 0 Å². The molecule has 1 amide bonds. The average Bonchev–Trinajstić information content (AvgIpc) is 3.30. The van der Waals surface area contributed by atoms with Gasteiger partial charge in [0, 0.05) is 5.69 Å². The van der Waals surface area contributed by atoms with E-state index in [1.165, 1.54) is 6.33 Å². The number of amides is 1. The second-order valence-electron chi connectivity index (χ2n) is 6.85. The van der Waals surface area contributed by atoms with Crippen LogP contribution in [0.1, 0.15) is 22.8 Å². The fourth-order valence-corrected chi connectivity index (χ4v) is 3.19. The average molecular weight is 398 g/mol. The van der Waals surface area contributed by atoms with Gasteiger partial charge in [-0.05, 0) is 28.8 Å². The highest BCUT2D eigenvalue weighted by molar-refractivity contribution is 5.91. The number of hydrogen-bond donors (Lipinski definition) is 1. The van der Waals surface area contributed by atoms with Crippen molar-refractivity contribution in [3.8, 4) is 0 Å². The number of nitrogens with one attached hydrogen (secondary N) is 1. The van der Waals surface area contributed by atoms with E-state index in [1.54, 1.807) is 11.0 Å². The van der Waals surface area contributed by atoms with Gasteiger partial charge in [0.15, 0.2) is 0 Å². The molecule has 150 valence electrons. The zero-order chi connectivity index (χ0) is 20.6.